The van der Waals surface area contributed by atoms with Crippen LogP contribution in [0.5, 0.6) is 40.2 Å². The van der Waals surface area contributed by atoms with Crippen molar-refractivity contribution < 1.29 is 35.7 Å². The zero-order valence-electron chi connectivity index (χ0n) is 60.2. The summed E-state index contributed by atoms with van der Waals surface area (Å²) >= 11 is 0. The molecule has 0 saturated heterocycles. The van der Waals surface area contributed by atoms with E-state index in [9.17, 15) is 15.3 Å². The van der Waals surface area contributed by atoms with E-state index >= 15 is 0 Å². The summed E-state index contributed by atoms with van der Waals surface area (Å²) in [6.45, 7) is 23.8. The molecule has 0 fully saturated rings. The van der Waals surface area contributed by atoms with Crippen molar-refractivity contribution in [1.82, 2.24) is 0 Å². The van der Waals surface area contributed by atoms with Gasteiger partial charge in [-0.25, -0.2) is 0 Å². The largest absolute Gasteiger partial charge is 0.508 e. The van der Waals surface area contributed by atoms with E-state index in [0.717, 1.165) is 49.7 Å². The molecule has 0 aromatic heterocycles. The second kappa shape index (κ2) is 54.5. The Morgan fingerprint density at radius 3 is 0.796 bits per heavy atom. The maximum atomic E-state index is 9.45. The Hall–Kier alpha value is -6.86. The van der Waals surface area contributed by atoms with Crippen LogP contribution in [0, 0.1) is 0 Å². The minimum absolute atomic E-state index is 0.0331. The molecule has 7 nitrogen and oxygen atoms in total. The number of rotatable bonds is 32. The van der Waals surface area contributed by atoms with Crippen molar-refractivity contribution in [2.45, 2.75) is 286 Å². The SMILES string of the molecule is CC(C)(C)c1ccccc1O.CCC(C)c1ccc(O)cc1.CCC(C)c1ccccc1O.CCCCCCCCCCCCc1ccc(O)cc1.CCCCCCCCCc1ccc(O)cc1.CCCCCCc1ccc(O)cc1.CCCCCc1ccc(O)cc1. The number of aromatic hydroxyl groups is 7. The Kier molecular flexibility index (Phi) is 49.3. The Morgan fingerprint density at radius 2 is 0.516 bits per heavy atom. The van der Waals surface area contributed by atoms with E-state index in [0.29, 0.717) is 52.1 Å². The van der Waals surface area contributed by atoms with Gasteiger partial charge in [-0.05, 0) is 193 Å². The van der Waals surface area contributed by atoms with Gasteiger partial charge in [0.1, 0.15) is 40.2 Å². The second-order valence-electron chi connectivity index (χ2n) is 26.3. The quantitative estimate of drug-likeness (QED) is 0.0208. The van der Waals surface area contributed by atoms with Gasteiger partial charge in [-0.1, -0.05) is 302 Å². The second-order valence-corrected chi connectivity index (χ2v) is 26.3. The molecule has 0 amide bonds. The van der Waals surface area contributed by atoms with Crippen LogP contribution in [-0.2, 0) is 31.1 Å². The molecule has 0 aliphatic rings. The molecule has 0 heterocycles. The maximum Gasteiger partial charge on any atom is 0.119 e. The van der Waals surface area contributed by atoms with Gasteiger partial charge in [0.05, 0.1) is 0 Å². The summed E-state index contributed by atoms with van der Waals surface area (Å²) in [5.41, 5.74) is 8.71. The first-order valence-electron chi connectivity index (χ1n) is 36.3. The molecule has 0 aliphatic carbocycles. The lowest BCUT2D eigenvalue weighted by molar-refractivity contribution is 0.446. The smallest absolute Gasteiger partial charge is 0.119 e. The van der Waals surface area contributed by atoms with Crippen molar-refractivity contribution >= 4 is 0 Å². The Labute approximate surface area is 567 Å². The lowest BCUT2D eigenvalue weighted by atomic mass is 9.86. The molecule has 0 aliphatic heterocycles. The van der Waals surface area contributed by atoms with Gasteiger partial charge in [-0.15, -0.1) is 0 Å². The van der Waals surface area contributed by atoms with E-state index in [1.165, 1.54) is 182 Å². The third-order valence-electron chi connectivity index (χ3n) is 16.9. The van der Waals surface area contributed by atoms with Crippen LogP contribution in [0.15, 0.2) is 170 Å². The molecule has 2 unspecified atom stereocenters. The molecule has 7 N–H and O–H groups in total. The summed E-state index contributed by atoms with van der Waals surface area (Å²) in [4.78, 5) is 0. The highest BCUT2D eigenvalue weighted by atomic mass is 16.3. The van der Waals surface area contributed by atoms with Crippen LogP contribution in [0.1, 0.15) is 294 Å². The molecule has 7 aromatic carbocycles. The van der Waals surface area contributed by atoms with Crippen LogP contribution in [0.4, 0.5) is 0 Å². The predicted molar refractivity (Wildman–Crippen MR) is 401 cm³/mol. The molecule has 7 aromatic rings. The number of unbranched alkanes of at least 4 members (excludes halogenated alkanes) is 20. The van der Waals surface area contributed by atoms with Gasteiger partial charge < -0.3 is 35.7 Å². The average molecular weight is 1280 g/mol. The van der Waals surface area contributed by atoms with Crippen molar-refractivity contribution in [3.05, 3.63) is 209 Å². The number of hydrogen-bond donors (Lipinski definition) is 7. The van der Waals surface area contributed by atoms with Crippen LogP contribution in [0.2, 0.25) is 0 Å². The van der Waals surface area contributed by atoms with E-state index in [1.807, 2.05) is 97.1 Å². The molecule has 7 heteroatoms. The summed E-state index contributed by atoms with van der Waals surface area (Å²) < 4.78 is 0. The Bertz CT molecular complexity index is 2780. The van der Waals surface area contributed by atoms with Crippen molar-refractivity contribution in [1.29, 1.82) is 0 Å². The van der Waals surface area contributed by atoms with Crippen molar-refractivity contribution in [2.75, 3.05) is 0 Å². The summed E-state index contributed by atoms with van der Waals surface area (Å²) in [5, 5.41) is 64.3. The maximum absolute atomic E-state index is 9.45. The fraction of sp³-hybridized carbons (Fsp3) is 0.512. The minimum Gasteiger partial charge on any atom is -0.508 e. The van der Waals surface area contributed by atoms with E-state index in [4.69, 9.17) is 20.4 Å². The van der Waals surface area contributed by atoms with Crippen molar-refractivity contribution in [3.8, 4) is 40.2 Å². The molecule has 0 spiro atoms. The van der Waals surface area contributed by atoms with E-state index in [2.05, 4.69) is 76.2 Å². The van der Waals surface area contributed by atoms with Gasteiger partial charge in [0.25, 0.3) is 0 Å². The van der Waals surface area contributed by atoms with E-state index < -0.39 is 0 Å². The highest BCUT2D eigenvalue weighted by Gasteiger charge is 2.16. The van der Waals surface area contributed by atoms with Gasteiger partial charge in [0.2, 0.25) is 0 Å². The normalized spacial score (nSPS) is 11.2. The number of para-hydroxylation sites is 2. The van der Waals surface area contributed by atoms with Gasteiger partial charge in [0, 0.05) is 0 Å². The first-order valence-corrected chi connectivity index (χ1v) is 36.3. The fourth-order valence-electron chi connectivity index (χ4n) is 10.4. The number of phenolic OH excluding ortho intramolecular Hbond substituents is 7. The zero-order valence-corrected chi connectivity index (χ0v) is 60.2. The number of benzene rings is 7. The van der Waals surface area contributed by atoms with E-state index in [-0.39, 0.29) is 5.41 Å². The third kappa shape index (κ3) is 44.4. The van der Waals surface area contributed by atoms with Gasteiger partial charge >= 0.3 is 0 Å². The molecule has 516 valence electrons. The molecular weight excluding hydrogens is 1140 g/mol. The molecule has 93 heavy (non-hydrogen) atoms. The van der Waals surface area contributed by atoms with Crippen LogP contribution in [-0.4, -0.2) is 35.7 Å². The first kappa shape index (κ1) is 84.2. The van der Waals surface area contributed by atoms with Gasteiger partial charge in [-0.3, -0.25) is 0 Å². The number of phenols is 7. The highest BCUT2D eigenvalue weighted by molar-refractivity contribution is 5.37. The molecular formula is C86H130O7. The Morgan fingerprint density at radius 1 is 0.269 bits per heavy atom. The summed E-state index contributed by atoms with van der Waals surface area (Å²) in [6, 6.07) is 52.6. The lowest BCUT2D eigenvalue weighted by Crippen LogP contribution is -2.10. The number of hydrogen-bond acceptors (Lipinski definition) is 7. The van der Waals surface area contributed by atoms with Crippen LogP contribution >= 0.6 is 0 Å². The molecule has 0 radical (unpaired) electrons. The molecule has 2 atom stereocenters. The Balaban J connectivity index is 0.000000548. The molecule has 0 saturated carbocycles. The van der Waals surface area contributed by atoms with E-state index in [1.54, 1.807) is 72.8 Å². The predicted octanol–water partition coefficient (Wildman–Crippen LogP) is 25.7. The first-order chi connectivity index (χ1) is 44.8. The van der Waals surface area contributed by atoms with Gasteiger partial charge in [0.15, 0.2) is 0 Å². The summed E-state index contributed by atoms with van der Waals surface area (Å²) in [7, 11) is 0. The fourth-order valence-corrected chi connectivity index (χ4v) is 10.4. The summed E-state index contributed by atoms with van der Waals surface area (Å²) in [5.74, 6) is 3.65. The summed E-state index contributed by atoms with van der Waals surface area (Å²) in [6.07, 6.45) is 39.1. The monoisotopic (exact) mass is 1270 g/mol. The van der Waals surface area contributed by atoms with Crippen LogP contribution in [0.3, 0.4) is 0 Å². The highest BCUT2D eigenvalue weighted by Crippen LogP contribution is 2.30. The standard InChI is InChI=1S/C18H30O.C15H24O.C12H18O.C11H16O.3C10H14O/c1-2-3-4-5-6-7-8-9-10-11-12-17-13-15-18(19)16-14-17;1-2-3-4-5-6-7-8-9-14-10-12-15(16)13-11-14;1-2-3-4-5-6-11-7-9-12(13)10-8-11;1-2-3-4-5-10-6-8-11(12)9-7-10;1-10(2,3)8-6-4-5-7-9(8)11;1-3-8(2)9-4-6-10(11)7-5-9;1-3-8(2)9-6-4-5-7-10(9)11/h13-16,19H,2-12H2,1H3;10-13,16H,2-9H2,1H3;7-10,13H,2-6H2,1H3;6-9,12H,2-5H2,1H3;4-7,11H,1-3H3;2*4-8,11H,3H2,1-2H3. The third-order valence-corrected chi connectivity index (χ3v) is 16.9. The number of aryl methyl sites for hydroxylation is 4. The topological polar surface area (TPSA) is 142 Å². The van der Waals surface area contributed by atoms with Crippen LogP contribution in [0.25, 0.3) is 0 Å². The zero-order chi connectivity index (χ0) is 68.7. The lowest BCUT2D eigenvalue weighted by Gasteiger charge is -2.19. The van der Waals surface area contributed by atoms with Crippen molar-refractivity contribution in [2.24, 2.45) is 0 Å². The van der Waals surface area contributed by atoms with Gasteiger partial charge in [-0.2, -0.15) is 0 Å². The van der Waals surface area contributed by atoms with Crippen molar-refractivity contribution in [3.63, 3.8) is 0 Å². The molecule has 0 bridgehead atoms. The minimum atomic E-state index is 0.0331. The van der Waals surface area contributed by atoms with Crippen LogP contribution < -0.4 is 0 Å². The average Bonchev–Trinajstić information content (AvgIpc) is 1.36. The molecule has 7 rings (SSSR count).